The van der Waals surface area contributed by atoms with Crippen molar-refractivity contribution in [1.82, 2.24) is 15.1 Å². The van der Waals surface area contributed by atoms with Gasteiger partial charge in [0.2, 0.25) is 0 Å². The summed E-state index contributed by atoms with van der Waals surface area (Å²) in [4.78, 5) is 0. The maximum atomic E-state index is 6.25. The molecule has 0 aromatic carbocycles. The van der Waals surface area contributed by atoms with Crippen molar-refractivity contribution in [3.8, 4) is 0 Å². The Bertz CT molecular complexity index is 327. The number of hydrogen-bond acceptors (Lipinski definition) is 2. The molecule has 1 N–H and O–H groups in total. The van der Waals surface area contributed by atoms with Crippen LogP contribution in [0, 0.1) is 6.92 Å². The second-order valence-electron chi connectivity index (χ2n) is 4.22. The summed E-state index contributed by atoms with van der Waals surface area (Å²) in [7, 11) is 1.96. The molecule has 0 spiro atoms. The van der Waals surface area contributed by atoms with E-state index in [9.17, 15) is 0 Å². The second kappa shape index (κ2) is 6.26. The van der Waals surface area contributed by atoms with E-state index in [2.05, 4.69) is 24.3 Å². The van der Waals surface area contributed by atoms with Gasteiger partial charge in [-0.1, -0.05) is 31.9 Å². The fraction of sp³-hybridized carbons (Fsp3) is 0.750. The standard InChI is InChI=1S/C12H22ClN3/c1-5-7-10(14-6-2)8-11-12(13)9(3)15-16(11)4/h10,14H,5-8H2,1-4H3. The van der Waals surface area contributed by atoms with Gasteiger partial charge in [-0.05, 0) is 19.9 Å². The molecule has 0 bridgehead atoms. The van der Waals surface area contributed by atoms with Crippen molar-refractivity contribution in [2.24, 2.45) is 7.05 Å². The molecule has 1 unspecified atom stereocenters. The lowest BCUT2D eigenvalue weighted by molar-refractivity contribution is 0.473. The molecule has 92 valence electrons. The number of aryl methyl sites for hydroxylation is 2. The third-order valence-electron chi connectivity index (χ3n) is 2.83. The van der Waals surface area contributed by atoms with E-state index in [1.807, 2.05) is 18.7 Å². The Morgan fingerprint density at radius 2 is 2.12 bits per heavy atom. The highest BCUT2D eigenvalue weighted by Gasteiger charge is 2.15. The molecule has 1 rings (SSSR count). The van der Waals surface area contributed by atoms with Crippen LogP contribution >= 0.6 is 11.6 Å². The number of halogens is 1. The van der Waals surface area contributed by atoms with Crippen LogP contribution in [-0.4, -0.2) is 22.4 Å². The van der Waals surface area contributed by atoms with Crippen molar-refractivity contribution in [3.63, 3.8) is 0 Å². The molecule has 0 aliphatic carbocycles. The summed E-state index contributed by atoms with van der Waals surface area (Å²) in [5.41, 5.74) is 2.06. The third kappa shape index (κ3) is 3.22. The second-order valence-corrected chi connectivity index (χ2v) is 4.60. The van der Waals surface area contributed by atoms with Crippen LogP contribution in [0.25, 0.3) is 0 Å². The van der Waals surface area contributed by atoms with Crippen molar-refractivity contribution < 1.29 is 0 Å². The predicted molar refractivity (Wildman–Crippen MR) is 69.0 cm³/mol. The van der Waals surface area contributed by atoms with E-state index >= 15 is 0 Å². The van der Waals surface area contributed by atoms with Gasteiger partial charge in [-0.3, -0.25) is 4.68 Å². The molecule has 1 aromatic heterocycles. The van der Waals surface area contributed by atoms with E-state index in [1.54, 1.807) is 0 Å². The molecule has 0 aliphatic heterocycles. The summed E-state index contributed by atoms with van der Waals surface area (Å²) in [6, 6.07) is 0.502. The van der Waals surface area contributed by atoms with Crippen LogP contribution in [0.15, 0.2) is 0 Å². The van der Waals surface area contributed by atoms with Gasteiger partial charge >= 0.3 is 0 Å². The number of rotatable bonds is 6. The Kier molecular flexibility index (Phi) is 5.29. The molecule has 3 nitrogen and oxygen atoms in total. The first-order valence-electron chi connectivity index (χ1n) is 6.01. The zero-order valence-corrected chi connectivity index (χ0v) is 11.4. The van der Waals surface area contributed by atoms with Gasteiger partial charge in [-0.25, -0.2) is 0 Å². The average molecular weight is 244 g/mol. The van der Waals surface area contributed by atoms with Gasteiger partial charge < -0.3 is 5.32 Å². The zero-order valence-electron chi connectivity index (χ0n) is 10.7. The maximum Gasteiger partial charge on any atom is 0.0847 e. The molecular weight excluding hydrogens is 222 g/mol. The van der Waals surface area contributed by atoms with Crippen molar-refractivity contribution >= 4 is 11.6 Å². The van der Waals surface area contributed by atoms with Crippen LogP contribution < -0.4 is 5.32 Å². The molecule has 1 atom stereocenters. The van der Waals surface area contributed by atoms with Crippen molar-refractivity contribution in [2.45, 2.75) is 46.1 Å². The summed E-state index contributed by atoms with van der Waals surface area (Å²) < 4.78 is 1.90. The summed E-state index contributed by atoms with van der Waals surface area (Å²) in [6.45, 7) is 7.30. The Morgan fingerprint density at radius 1 is 1.44 bits per heavy atom. The molecule has 16 heavy (non-hydrogen) atoms. The summed E-state index contributed by atoms with van der Waals surface area (Å²) in [5, 5.41) is 8.66. The van der Waals surface area contributed by atoms with E-state index in [1.165, 1.54) is 12.8 Å². The summed E-state index contributed by atoms with van der Waals surface area (Å²) in [5.74, 6) is 0. The molecule has 0 aliphatic rings. The normalized spacial score (nSPS) is 13.1. The Labute approximate surface area is 103 Å². The van der Waals surface area contributed by atoms with Crippen LogP contribution in [0.1, 0.15) is 38.1 Å². The average Bonchev–Trinajstić information content (AvgIpc) is 2.46. The molecule has 0 amide bonds. The fourth-order valence-corrected chi connectivity index (χ4v) is 2.29. The van der Waals surface area contributed by atoms with E-state index in [4.69, 9.17) is 11.6 Å². The number of hydrogen-bond donors (Lipinski definition) is 1. The van der Waals surface area contributed by atoms with Crippen LogP contribution in [-0.2, 0) is 13.5 Å². The topological polar surface area (TPSA) is 29.9 Å². The van der Waals surface area contributed by atoms with Crippen LogP contribution in [0.2, 0.25) is 5.02 Å². The molecule has 0 saturated carbocycles. The number of nitrogens with one attached hydrogen (secondary N) is 1. The number of nitrogens with zero attached hydrogens (tertiary/aromatic N) is 2. The fourth-order valence-electron chi connectivity index (χ4n) is 2.05. The van der Waals surface area contributed by atoms with E-state index in [-0.39, 0.29) is 0 Å². The van der Waals surface area contributed by atoms with Gasteiger partial charge in [0, 0.05) is 19.5 Å². The maximum absolute atomic E-state index is 6.25. The van der Waals surface area contributed by atoms with E-state index in [0.717, 1.165) is 29.4 Å². The SMILES string of the molecule is CCCC(Cc1c(Cl)c(C)nn1C)NCC. The minimum atomic E-state index is 0.502. The van der Waals surface area contributed by atoms with Crippen LogP contribution in [0.5, 0.6) is 0 Å². The number of aromatic nitrogens is 2. The van der Waals surface area contributed by atoms with Gasteiger partial charge in [0.05, 0.1) is 16.4 Å². The molecule has 0 fully saturated rings. The highest BCUT2D eigenvalue weighted by Crippen LogP contribution is 2.21. The lowest BCUT2D eigenvalue weighted by Crippen LogP contribution is -2.31. The quantitative estimate of drug-likeness (QED) is 0.833. The van der Waals surface area contributed by atoms with Gasteiger partial charge in [0.1, 0.15) is 0 Å². The Hall–Kier alpha value is -0.540. The van der Waals surface area contributed by atoms with E-state index in [0.29, 0.717) is 6.04 Å². The van der Waals surface area contributed by atoms with Crippen molar-refractivity contribution in [3.05, 3.63) is 16.4 Å². The first-order chi connectivity index (χ1) is 7.60. The smallest absolute Gasteiger partial charge is 0.0847 e. The minimum Gasteiger partial charge on any atom is -0.314 e. The first-order valence-corrected chi connectivity index (χ1v) is 6.39. The molecule has 0 radical (unpaired) electrons. The van der Waals surface area contributed by atoms with Gasteiger partial charge in [0.15, 0.2) is 0 Å². The minimum absolute atomic E-state index is 0.502. The molecule has 0 saturated heterocycles. The van der Waals surface area contributed by atoms with Gasteiger partial charge in [0.25, 0.3) is 0 Å². The van der Waals surface area contributed by atoms with Crippen LogP contribution in [0.4, 0.5) is 0 Å². The monoisotopic (exact) mass is 243 g/mol. The van der Waals surface area contributed by atoms with Gasteiger partial charge in [-0.15, -0.1) is 0 Å². The summed E-state index contributed by atoms with van der Waals surface area (Å²) in [6.07, 6.45) is 3.32. The molecule has 4 heteroatoms. The number of likely N-dealkylation sites (N-methyl/N-ethyl adjacent to an activating group) is 1. The lowest BCUT2D eigenvalue weighted by atomic mass is 10.1. The van der Waals surface area contributed by atoms with Crippen molar-refractivity contribution in [1.29, 1.82) is 0 Å². The van der Waals surface area contributed by atoms with Gasteiger partial charge in [-0.2, -0.15) is 5.10 Å². The van der Waals surface area contributed by atoms with E-state index < -0.39 is 0 Å². The highest BCUT2D eigenvalue weighted by atomic mass is 35.5. The largest absolute Gasteiger partial charge is 0.314 e. The third-order valence-corrected chi connectivity index (χ3v) is 3.32. The van der Waals surface area contributed by atoms with Crippen LogP contribution in [0.3, 0.4) is 0 Å². The Morgan fingerprint density at radius 3 is 2.56 bits per heavy atom. The molecule has 1 aromatic rings. The zero-order chi connectivity index (χ0) is 12.1. The lowest BCUT2D eigenvalue weighted by Gasteiger charge is -2.17. The van der Waals surface area contributed by atoms with Crippen molar-refractivity contribution in [2.75, 3.05) is 6.54 Å². The Balaban J connectivity index is 2.76. The summed E-state index contributed by atoms with van der Waals surface area (Å²) >= 11 is 6.25. The highest BCUT2D eigenvalue weighted by molar-refractivity contribution is 6.31. The molecular formula is C12H22ClN3. The molecule has 1 heterocycles. The predicted octanol–water partition coefficient (Wildman–Crippen LogP) is 2.70. The first kappa shape index (κ1) is 13.5.